The number of methoxy groups -OCH3 is 4. The molecule has 1 aromatic heterocycles. The molecule has 144 valence electrons. The van der Waals surface area contributed by atoms with E-state index >= 15 is 0 Å². The lowest BCUT2D eigenvalue weighted by Crippen LogP contribution is -2.01. The number of carbonyl (C=O) groups excluding carboxylic acids is 2. The Kier molecular flexibility index (Phi) is 6.87. The second-order valence-corrected chi connectivity index (χ2v) is 5.16. The maximum absolute atomic E-state index is 11.9. The molecule has 1 heterocycles. The van der Waals surface area contributed by atoms with Crippen LogP contribution in [0.2, 0.25) is 0 Å². The van der Waals surface area contributed by atoms with Gasteiger partial charge in [-0.05, 0) is 35.9 Å². The number of hydrogen-bond donors (Lipinski definition) is 0. The van der Waals surface area contributed by atoms with Crippen molar-refractivity contribution in [1.82, 2.24) is 0 Å². The monoisotopic (exact) mass is 376 g/mol. The van der Waals surface area contributed by atoms with E-state index in [0.717, 1.165) is 0 Å². The van der Waals surface area contributed by atoms with Crippen molar-refractivity contribution in [3.8, 4) is 17.2 Å². The van der Waals surface area contributed by atoms with Gasteiger partial charge in [0.1, 0.15) is 12.4 Å². The van der Waals surface area contributed by atoms with Gasteiger partial charge in [0.2, 0.25) is 11.5 Å². The minimum Gasteiger partial charge on any atom is -0.493 e. The van der Waals surface area contributed by atoms with Crippen molar-refractivity contribution in [1.29, 1.82) is 0 Å². The van der Waals surface area contributed by atoms with Crippen LogP contribution in [-0.4, -0.2) is 40.4 Å². The summed E-state index contributed by atoms with van der Waals surface area (Å²) in [6, 6.07) is 6.36. The molecule has 0 atom stereocenters. The molecular weight excluding hydrogens is 356 g/mol. The lowest BCUT2D eigenvalue weighted by atomic mass is 10.1. The number of rotatable bonds is 8. The van der Waals surface area contributed by atoms with Gasteiger partial charge in [0.15, 0.2) is 11.5 Å². The summed E-state index contributed by atoms with van der Waals surface area (Å²) in [6.45, 7) is -0.116. The Bertz CT molecular complexity index is 809. The summed E-state index contributed by atoms with van der Waals surface area (Å²) in [7, 11) is 5.77. The summed E-state index contributed by atoms with van der Waals surface area (Å²) in [5.41, 5.74) is 0.660. The van der Waals surface area contributed by atoms with Gasteiger partial charge < -0.3 is 28.1 Å². The molecule has 2 aromatic rings. The molecule has 0 saturated heterocycles. The molecule has 0 radical (unpaired) electrons. The molecule has 0 N–H and O–H groups in total. The van der Waals surface area contributed by atoms with Gasteiger partial charge in [0.25, 0.3) is 0 Å². The summed E-state index contributed by atoms with van der Waals surface area (Å²) in [6.07, 6.45) is 2.81. The van der Waals surface area contributed by atoms with Gasteiger partial charge in [0, 0.05) is 6.08 Å². The van der Waals surface area contributed by atoms with Gasteiger partial charge in [-0.1, -0.05) is 0 Å². The second kappa shape index (κ2) is 9.33. The van der Waals surface area contributed by atoms with E-state index in [1.54, 1.807) is 18.2 Å². The topological polar surface area (TPSA) is 93.4 Å². The molecule has 27 heavy (non-hydrogen) atoms. The fourth-order valence-corrected chi connectivity index (χ4v) is 2.22. The first-order valence-corrected chi connectivity index (χ1v) is 7.84. The van der Waals surface area contributed by atoms with Gasteiger partial charge in [-0.25, -0.2) is 9.59 Å². The Balaban J connectivity index is 2.02. The fraction of sp³-hybridized carbons (Fsp3) is 0.263. The van der Waals surface area contributed by atoms with Crippen molar-refractivity contribution in [2.75, 3.05) is 28.4 Å². The average Bonchev–Trinajstić information content (AvgIpc) is 3.18. The minimum atomic E-state index is -0.602. The van der Waals surface area contributed by atoms with Crippen molar-refractivity contribution in [2.45, 2.75) is 6.61 Å². The molecule has 0 spiro atoms. The zero-order valence-corrected chi connectivity index (χ0v) is 15.4. The van der Waals surface area contributed by atoms with Gasteiger partial charge in [-0.2, -0.15) is 0 Å². The van der Waals surface area contributed by atoms with E-state index in [4.69, 9.17) is 23.4 Å². The molecule has 0 unspecified atom stereocenters. The van der Waals surface area contributed by atoms with E-state index in [1.165, 1.54) is 46.6 Å². The van der Waals surface area contributed by atoms with Crippen molar-refractivity contribution in [3.63, 3.8) is 0 Å². The van der Waals surface area contributed by atoms with Crippen LogP contribution in [0.1, 0.15) is 21.9 Å². The quantitative estimate of drug-likeness (QED) is 0.513. The summed E-state index contributed by atoms with van der Waals surface area (Å²) < 4.78 is 30.6. The summed E-state index contributed by atoms with van der Waals surface area (Å²) in [4.78, 5) is 23.2. The molecule has 8 nitrogen and oxygen atoms in total. The van der Waals surface area contributed by atoms with E-state index in [0.29, 0.717) is 28.6 Å². The van der Waals surface area contributed by atoms with Crippen LogP contribution in [-0.2, 0) is 20.9 Å². The number of carbonyl (C=O) groups is 2. The van der Waals surface area contributed by atoms with Crippen LogP contribution in [0.15, 0.2) is 34.8 Å². The molecular formula is C19H20O8. The van der Waals surface area contributed by atoms with Crippen molar-refractivity contribution >= 4 is 18.0 Å². The Hall–Kier alpha value is -3.42. The molecule has 8 heteroatoms. The zero-order chi connectivity index (χ0) is 19.8. The van der Waals surface area contributed by atoms with Crippen LogP contribution in [0, 0.1) is 0 Å². The SMILES string of the molecule is COC(=O)c1ccc(COC(=O)/C=C/c2cc(OC)c(OC)c(OC)c2)o1. The highest BCUT2D eigenvalue weighted by Gasteiger charge is 2.13. The predicted molar refractivity (Wildman–Crippen MR) is 95.0 cm³/mol. The van der Waals surface area contributed by atoms with Crippen molar-refractivity contribution in [2.24, 2.45) is 0 Å². The summed E-state index contributed by atoms with van der Waals surface area (Å²) in [5, 5.41) is 0. The average molecular weight is 376 g/mol. The van der Waals surface area contributed by atoms with Crippen LogP contribution in [0.25, 0.3) is 6.08 Å². The highest BCUT2D eigenvalue weighted by Crippen LogP contribution is 2.38. The second-order valence-electron chi connectivity index (χ2n) is 5.16. The molecule has 0 amide bonds. The Morgan fingerprint density at radius 3 is 2.22 bits per heavy atom. The molecule has 0 fully saturated rings. The van der Waals surface area contributed by atoms with Crippen LogP contribution < -0.4 is 14.2 Å². The third kappa shape index (κ3) is 5.04. The lowest BCUT2D eigenvalue weighted by Gasteiger charge is -2.12. The first-order chi connectivity index (χ1) is 13.0. The molecule has 0 bridgehead atoms. The summed E-state index contributed by atoms with van der Waals surface area (Å²) in [5.74, 6) is 0.571. The largest absolute Gasteiger partial charge is 0.493 e. The highest BCUT2D eigenvalue weighted by atomic mass is 16.6. The van der Waals surface area contributed by atoms with E-state index in [1.807, 2.05) is 0 Å². The molecule has 1 aromatic carbocycles. The van der Waals surface area contributed by atoms with Gasteiger partial charge in [-0.15, -0.1) is 0 Å². The standard InChI is InChI=1S/C19H20O8/c1-22-15-9-12(10-16(23-2)18(15)24-3)5-8-17(20)26-11-13-6-7-14(27-13)19(21)25-4/h5-10H,11H2,1-4H3/b8-5+. The third-order valence-corrected chi connectivity index (χ3v) is 3.50. The van der Waals surface area contributed by atoms with E-state index in [2.05, 4.69) is 4.74 Å². The Labute approximate surface area is 156 Å². The number of hydrogen-bond acceptors (Lipinski definition) is 8. The van der Waals surface area contributed by atoms with Crippen molar-refractivity contribution in [3.05, 3.63) is 47.4 Å². The molecule has 0 saturated carbocycles. The number of furan rings is 1. The maximum atomic E-state index is 11.9. The predicted octanol–water partition coefficient (Wildman–Crippen LogP) is 2.85. The third-order valence-electron chi connectivity index (χ3n) is 3.50. The normalized spacial score (nSPS) is 10.5. The van der Waals surface area contributed by atoms with Crippen molar-refractivity contribution < 1.29 is 37.7 Å². The molecule has 0 aliphatic rings. The van der Waals surface area contributed by atoms with Crippen LogP contribution in [0.5, 0.6) is 17.2 Å². The zero-order valence-electron chi connectivity index (χ0n) is 15.4. The first-order valence-electron chi connectivity index (χ1n) is 7.84. The molecule has 0 aliphatic heterocycles. The minimum absolute atomic E-state index is 0.0384. The van der Waals surface area contributed by atoms with E-state index in [9.17, 15) is 9.59 Å². The molecule has 0 aliphatic carbocycles. The summed E-state index contributed by atoms with van der Waals surface area (Å²) >= 11 is 0. The maximum Gasteiger partial charge on any atom is 0.373 e. The van der Waals surface area contributed by atoms with Crippen LogP contribution >= 0.6 is 0 Å². The van der Waals surface area contributed by atoms with Crippen LogP contribution in [0.4, 0.5) is 0 Å². The smallest absolute Gasteiger partial charge is 0.373 e. The first kappa shape index (κ1) is 19.9. The highest BCUT2D eigenvalue weighted by molar-refractivity contribution is 5.87. The number of esters is 2. The Morgan fingerprint density at radius 1 is 1.00 bits per heavy atom. The van der Waals surface area contributed by atoms with Gasteiger partial charge in [-0.3, -0.25) is 0 Å². The Morgan fingerprint density at radius 2 is 1.67 bits per heavy atom. The van der Waals surface area contributed by atoms with E-state index < -0.39 is 11.9 Å². The number of ether oxygens (including phenoxy) is 5. The van der Waals surface area contributed by atoms with Gasteiger partial charge in [0.05, 0.1) is 28.4 Å². The molecule has 2 rings (SSSR count). The fourth-order valence-electron chi connectivity index (χ4n) is 2.22. The lowest BCUT2D eigenvalue weighted by molar-refractivity contribution is -0.139. The van der Waals surface area contributed by atoms with Gasteiger partial charge >= 0.3 is 11.9 Å². The van der Waals surface area contributed by atoms with Crippen LogP contribution in [0.3, 0.4) is 0 Å². The van der Waals surface area contributed by atoms with E-state index in [-0.39, 0.29) is 12.4 Å². The number of benzene rings is 1.